The van der Waals surface area contributed by atoms with Gasteiger partial charge >= 0.3 is 10.4 Å². The molecule has 1 aliphatic rings. The van der Waals surface area contributed by atoms with E-state index in [9.17, 15) is 8.42 Å². The van der Waals surface area contributed by atoms with Crippen molar-refractivity contribution in [1.82, 2.24) is 0 Å². The first-order valence-electron chi connectivity index (χ1n) is 8.10. The lowest BCUT2D eigenvalue weighted by Crippen LogP contribution is -2.20. The summed E-state index contributed by atoms with van der Waals surface area (Å²) in [6.45, 7) is 0.763. The number of aryl methyl sites for hydroxylation is 2. The third-order valence-corrected chi connectivity index (χ3v) is 4.70. The van der Waals surface area contributed by atoms with Crippen LogP contribution in [0.25, 0.3) is 0 Å². The van der Waals surface area contributed by atoms with E-state index in [1.807, 2.05) is 12.1 Å². The number of benzene rings is 2. The Bertz CT molecular complexity index is 757. The molecule has 5 nitrogen and oxygen atoms in total. The van der Waals surface area contributed by atoms with Crippen molar-refractivity contribution in [3.63, 3.8) is 0 Å². The molecular weight excluding hydrogens is 326 g/mol. The highest BCUT2D eigenvalue weighted by atomic mass is 32.3. The Labute approximate surface area is 142 Å². The Morgan fingerprint density at radius 2 is 1.46 bits per heavy atom. The molecule has 128 valence electrons. The molecule has 0 radical (unpaired) electrons. The smallest absolute Gasteiger partial charge is 0.341 e. The average Bonchev–Trinajstić information content (AvgIpc) is 2.71. The molecule has 0 spiro atoms. The van der Waals surface area contributed by atoms with Gasteiger partial charge in [-0.05, 0) is 48.9 Å². The summed E-state index contributed by atoms with van der Waals surface area (Å²) >= 11 is 0. The molecule has 0 amide bonds. The van der Waals surface area contributed by atoms with E-state index >= 15 is 0 Å². The second kappa shape index (κ2) is 7.34. The van der Waals surface area contributed by atoms with Crippen LogP contribution in [-0.2, 0) is 27.4 Å². The summed E-state index contributed by atoms with van der Waals surface area (Å²) < 4.78 is 34.2. The Morgan fingerprint density at radius 3 is 2.00 bits per heavy atom. The van der Waals surface area contributed by atoms with Crippen LogP contribution in [0.1, 0.15) is 24.0 Å². The fourth-order valence-electron chi connectivity index (χ4n) is 3.15. The summed E-state index contributed by atoms with van der Waals surface area (Å²) in [5, 5.41) is 0. The molecule has 1 aliphatic heterocycles. The van der Waals surface area contributed by atoms with Crippen molar-refractivity contribution in [1.29, 1.82) is 0 Å². The lowest BCUT2D eigenvalue weighted by molar-refractivity contribution is 0.263. The molecule has 1 N–H and O–H groups in total. The van der Waals surface area contributed by atoms with Gasteiger partial charge < -0.3 is 4.90 Å². The van der Waals surface area contributed by atoms with Gasteiger partial charge in [0.25, 0.3) is 0 Å². The maximum Gasteiger partial charge on any atom is 0.397 e. The van der Waals surface area contributed by atoms with Crippen LogP contribution >= 0.6 is 0 Å². The molecule has 0 unspecified atom stereocenters. The highest BCUT2D eigenvalue weighted by Gasteiger charge is 2.19. The van der Waals surface area contributed by atoms with Crippen molar-refractivity contribution in [2.24, 2.45) is 0 Å². The zero-order valence-corrected chi connectivity index (χ0v) is 14.2. The van der Waals surface area contributed by atoms with Crippen molar-refractivity contribution in [3.8, 4) is 0 Å². The summed E-state index contributed by atoms with van der Waals surface area (Å²) in [4.78, 5) is 2.30. The summed E-state index contributed by atoms with van der Waals surface area (Å²) in [7, 11) is -4.35. The predicted octanol–water partition coefficient (Wildman–Crippen LogP) is 3.52. The van der Waals surface area contributed by atoms with E-state index in [0.29, 0.717) is 6.42 Å². The summed E-state index contributed by atoms with van der Waals surface area (Å²) in [5.41, 5.74) is 5.06. The molecule has 0 bridgehead atoms. The molecule has 0 saturated heterocycles. The maximum atomic E-state index is 10.6. The minimum atomic E-state index is -4.35. The topological polar surface area (TPSA) is 66.8 Å². The van der Waals surface area contributed by atoms with Crippen LogP contribution in [0.3, 0.4) is 0 Å². The third-order valence-electron chi connectivity index (χ3n) is 4.24. The molecule has 24 heavy (non-hydrogen) atoms. The number of hydrogen-bond donors (Lipinski definition) is 1. The van der Waals surface area contributed by atoms with E-state index in [-0.39, 0.29) is 6.61 Å². The van der Waals surface area contributed by atoms with Crippen LogP contribution in [0.4, 0.5) is 11.4 Å². The van der Waals surface area contributed by atoms with Crippen molar-refractivity contribution in [2.75, 3.05) is 18.1 Å². The Kier molecular flexibility index (Phi) is 5.18. The molecule has 0 atom stereocenters. The zero-order valence-electron chi connectivity index (χ0n) is 13.4. The molecule has 0 fully saturated rings. The first-order chi connectivity index (χ1) is 11.5. The van der Waals surface area contributed by atoms with Gasteiger partial charge in [0.1, 0.15) is 0 Å². The molecule has 2 aromatic rings. The number of fused-ring (bicyclic) bond motifs is 2. The third kappa shape index (κ3) is 4.14. The number of para-hydroxylation sites is 2. The standard InChI is InChI=1S/C18H21NO4S/c20-24(21,22)23-14-6-5-13-19-17-9-3-1-7-15(17)11-12-16-8-2-4-10-18(16)19/h1-4,7-10H,5-6,11-14H2,(H,20,21,22). The fourth-order valence-corrected chi connectivity index (χ4v) is 3.48. The number of nitrogens with zero attached hydrogens (tertiary/aromatic N) is 1. The van der Waals surface area contributed by atoms with E-state index < -0.39 is 10.4 Å². The van der Waals surface area contributed by atoms with Crippen LogP contribution in [0, 0.1) is 0 Å². The van der Waals surface area contributed by atoms with Gasteiger partial charge in [-0.3, -0.25) is 4.55 Å². The van der Waals surface area contributed by atoms with Gasteiger partial charge in [-0.25, -0.2) is 4.18 Å². The van der Waals surface area contributed by atoms with E-state index in [1.54, 1.807) is 0 Å². The predicted molar refractivity (Wildman–Crippen MR) is 94.0 cm³/mol. The summed E-state index contributed by atoms with van der Waals surface area (Å²) in [6, 6.07) is 16.8. The van der Waals surface area contributed by atoms with E-state index in [0.717, 1.165) is 25.8 Å². The van der Waals surface area contributed by atoms with Gasteiger partial charge in [-0.2, -0.15) is 8.42 Å². The summed E-state index contributed by atoms with van der Waals surface area (Å²) in [6.07, 6.45) is 3.34. The van der Waals surface area contributed by atoms with Gasteiger partial charge in [0.05, 0.1) is 6.61 Å². The quantitative estimate of drug-likeness (QED) is 0.640. The Morgan fingerprint density at radius 1 is 0.917 bits per heavy atom. The number of rotatable bonds is 6. The summed E-state index contributed by atoms with van der Waals surface area (Å²) in [5.74, 6) is 0. The molecule has 0 saturated carbocycles. The Balaban J connectivity index is 1.76. The molecule has 6 heteroatoms. The number of anilines is 2. The monoisotopic (exact) mass is 347 g/mol. The van der Waals surface area contributed by atoms with Gasteiger partial charge in [0.15, 0.2) is 0 Å². The second-order valence-electron chi connectivity index (χ2n) is 5.87. The first-order valence-corrected chi connectivity index (χ1v) is 9.46. The highest BCUT2D eigenvalue weighted by molar-refractivity contribution is 7.80. The first kappa shape index (κ1) is 17.0. The second-order valence-corrected chi connectivity index (χ2v) is 6.96. The lowest BCUT2D eigenvalue weighted by atomic mass is 10.0. The molecular formula is C18H21NO4S. The van der Waals surface area contributed by atoms with E-state index in [1.165, 1.54) is 22.5 Å². The molecule has 1 heterocycles. The number of hydrogen-bond acceptors (Lipinski definition) is 4. The van der Waals surface area contributed by atoms with Crippen LogP contribution in [0.15, 0.2) is 48.5 Å². The minimum absolute atomic E-state index is 0.00400. The van der Waals surface area contributed by atoms with E-state index in [4.69, 9.17) is 4.55 Å². The van der Waals surface area contributed by atoms with Crippen molar-refractivity contribution in [2.45, 2.75) is 25.7 Å². The van der Waals surface area contributed by atoms with Crippen molar-refractivity contribution < 1.29 is 17.2 Å². The van der Waals surface area contributed by atoms with Crippen LogP contribution in [0.2, 0.25) is 0 Å². The van der Waals surface area contributed by atoms with Crippen molar-refractivity contribution in [3.05, 3.63) is 59.7 Å². The molecule has 2 aromatic carbocycles. The van der Waals surface area contributed by atoms with E-state index in [2.05, 4.69) is 45.5 Å². The SMILES string of the molecule is O=S(=O)(O)OCCCCN1c2ccccc2CCc2ccccc21. The lowest BCUT2D eigenvalue weighted by Gasteiger charge is -2.27. The van der Waals surface area contributed by atoms with Crippen LogP contribution in [0.5, 0.6) is 0 Å². The van der Waals surface area contributed by atoms with Crippen molar-refractivity contribution >= 4 is 21.8 Å². The van der Waals surface area contributed by atoms with Crippen LogP contribution < -0.4 is 4.90 Å². The molecule has 0 aliphatic carbocycles. The normalized spacial score (nSPS) is 14.0. The fraction of sp³-hybridized carbons (Fsp3) is 0.333. The highest BCUT2D eigenvalue weighted by Crippen LogP contribution is 2.35. The van der Waals surface area contributed by atoms with Gasteiger partial charge in [-0.15, -0.1) is 0 Å². The van der Waals surface area contributed by atoms with Gasteiger partial charge in [0.2, 0.25) is 0 Å². The Hall–Kier alpha value is -1.89. The number of unbranched alkanes of at least 4 members (excludes halogenated alkanes) is 1. The molecule has 0 aromatic heterocycles. The molecule has 3 rings (SSSR count). The van der Waals surface area contributed by atoms with Gasteiger partial charge in [-0.1, -0.05) is 36.4 Å². The van der Waals surface area contributed by atoms with Crippen LogP contribution in [-0.4, -0.2) is 26.1 Å². The largest absolute Gasteiger partial charge is 0.397 e. The zero-order chi connectivity index (χ0) is 17.0. The minimum Gasteiger partial charge on any atom is -0.341 e. The maximum absolute atomic E-state index is 10.6. The van der Waals surface area contributed by atoms with Gasteiger partial charge in [0, 0.05) is 17.9 Å². The average molecular weight is 347 g/mol.